The molecule has 0 aromatic heterocycles. The van der Waals surface area contributed by atoms with Crippen molar-refractivity contribution in [2.24, 2.45) is 0 Å². The first-order chi connectivity index (χ1) is 10.5. The Labute approximate surface area is 130 Å². The number of nitrogens with one attached hydrogen (secondary N) is 2. The monoisotopic (exact) mass is 309 g/mol. The Hall–Kier alpha value is -2.18. The van der Waals surface area contributed by atoms with Crippen LogP contribution in [-0.2, 0) is 19.2 Å². The highest BCUT2D eigenvalue weighted by Crippen LogP contribution is 2.15. The minimum absolute atomic E-state index is 0.193. The van der Waals surface area contributed by atoms with Gasteiger partial charge >= 0.3 is 0 Å². The molecule has 7 nitrogen and oxygen atoms in total. The van der Waals surface area contributed by atoms with Gasteiger partial charge in [-0.3, -0.25) is 19.2 Å². The maximum absolute atomic E-state index is 12.2. The summed E-state index contributed by atoms with van der Waals surface area (Å²) in [5.74, 6) is -1.79. The second kappa shape index (κ2) is 8.96. The molecule has 0 aliphatic carbocycles. The second-order valence-corrected chi connectivity index (χ2v) is 5.21. The van der Waals surface area contributed by atoms with Gasteiger partial charge in [-0.05, 0) is 19.3 Å². The molecule has 1 saturated heterocycles. The van der Waals surface area contributed by atoms with Crippen LogP contribution in [0.1, 0.15) is 32.6 Å². The van der Waals surface area contributed by atoms with Gasteiger partial charge in [0.1, 0.15) is 6.04 Å². The standard InChI is InChI=1S/C15H23N3O4/c1-3-6-11(13(20)15(22)16-8-4-2)17-14(21)12-7-5-9-18(12)10-19/h4,10-12H,2-3,5-9H2,1H3,(H,16,22)(H,17,21). The molecule has 0 saturated carbocycles. The molecular weight excluding hydrogens is 286 g/mol. The van der Waals surface area contributed by atoms with Gasteiger partial charge in [-0.1, -0.05) is 19.4 Å². The molecule has 2 atom stereocenters. The number of hydrogen-bond acceptors (Lipinski definition) is 4. The van der Waals surface area contributed by atoms with Gasteiger partial charge in [0.25, 0.3) is 5.91 Å². The zero-order valence-corrected chi connectivity index (χ0v) is 12.8. The highest BCUT2D eigenvalue weighted by molar-refractivity contribution is 6.38. The molecule has 0 aromatic carbocycles. The second-order valence-electron chi connectivity index (χ2n) is 5.21. The van der Waals surface area contributed by atoms with Gasteiger partial charge in [0, 0.05) is 13.1 Å². The lowest BCUT2D eigenvalue weighted by atomic mass is 10.1. The topological polar surface area (TPSA) is 95.6 Å². The number of amides is 3. The highest BCUT2D eigenvalue weighted by atomic mass is 16.2. The first kappa shape index (κ1) is 17.9. The van der Waals surface area contributed by atoms with Crippen molar-refractivity contribution < 1.29 is 19.2 Å². The van der Waals surface area contributed by atoms with Gasteiger partial charge in [0.05, 0.1) is 6.04 Å². The van der Waals surface area contributed by atoms with Crippen LogP contribution < -0.4 is 10.6 Å². The van der Waals surface area contributed by atoms with E-state index in [0.29, 0.717) is 32.2 Å². The zero-order chi connectivity index (χ0) is 16.5. The van der Waals surface area contributed by atoms with Crippen LogP contribution in [0.4, 0.5) is 0 Å². The van der Waals surface area contributed by atoms with Gasteiger partial charge in [-0.15, -0.1) is 6.58 Å². The normalized spacial score (nSPS) is 18.4. The lowest BCUT2D eigenvalue weighted by Crippen LogP contribution is -2.52. The summed E-state index contributed by atoms with van der Waals surface area (Å²) in [5, 5.41) is 5.01. The molecule has 0 spiro atoms. The third-order valence-electron chi connectivity index (χ3n) is 3.57. The summed E-state index contributed by atoms with van der Waals surface area (Å²) >= 11 is 0. The lowest BCUT2D eigenvalue weighted by molar-refractivity contribution is -0.140. The highest BCUT2D eigenvalue weighted by Gasteiger charge is 2.33. The molecule has 2 unspecified atom stereocenters. The van der Waals surface area contributed by atoms with Crippen molar-refractivity contribution in [3.63, 3.8) is 0 Å². The predicted molar refractivity (Wildman–Crippen MR) is 80.8 cm³/mol. The SMILES string of the molecule is C=CCNC(=O)C(=O)C(CCC)NC(=O)C1CCCN1C=O. The molecule has 1 aliphatic heterocycles. The number of carbonyl (C=O) groups excluding carboxylic acids is 4. The Morgan fingerprint density at radius 3 is 2.73 bits per heavy atom. The molecule has 0 aromatic rings. The van der Waals surface area contributed by atoms with Crippen LogP contribution in [0.3, 0.4) is 0 Å². The first-order valence-electron chi connectivity index (χ1n) is 7.49. The number of rotatable bonds is 9. The molecule has 1 rings (SSSR count). The number of carbonyl (C=O) groups is 4. The number of ketones is 1. The summed E-state index contributed by atoms with van der Waals surface area (Å²) in [6.07, 6.45) is 4.46. The van der Waals surface area contributed by atoms with Crippen molar-refractivity contribution in [1.29, 1.82) is 0 Å². The summed E-state index contributed by atoms with van der Waals surface area (Å²) in [5.41, 5.74) is 0. The van der Waals surface area contributed by atoms with Crippen molar-refractivity contribution in [3.8, 4) is 0 Å². The molecule has 122 valence electrons. The van der Waals surface area contributed by atoms with E-state index < -0.39 is 23.8 Å². The molecule has 2 N–H and O–H groups in total. The van der Waals surface area contributed by atoms with E-state index in [1.54, 1.807) is 0 Å². The first-order valence-corrected chi connectivity index (χ1v) is 7.49. The summed E-state index contributed by atoms with van der Waals surface area (Å²) < 4.78 is 0. The van der Waals surface area contributed by atoms with Crippen LogP contribution in [0.5, 0.6) is 0 Å². The zero-order valence-electron chi connectivity index (χ0n) is 12.8. The molecular formula is C15H23N3O4. The predicted octanol–water partition coefficient (Wildman–Crippen LogP) is -0.237. The van der Waals surface area contributed by atoms with Crippen LogP contribution in [0, 0.1) is 0 Å². The molecule has 7 heteroatoms. The molecule has 22 heavy (non-hydrogen) atoms. The fourth-order valence-corrected chi connectivity index (χ4v) is 2.43. The van der Waals surface area contributed by atoms with E-state index in [1.165, 1.54) is 11.0 Å². The fourth-order valence-electron chi connectivity index (χ4n) is 2.43. The third kappa shape index (κ3) is 4.68. The van der Waals surface area contributed by atoms with E-state index in [2.05, 4.69) is 17.2 Å². The van der Waals surface area contributed by atoms with E-state index in [1.807, 2.05) is 6.92 Å². The summed E-state index contributed by atoms with van der Waals surface area (Å²) in [6.45, 7) is 6.05. The molecule has 1 fully saturated rings. The minimum Gasteiger partial charge on any atom is -0.346 e. The maximum atomic E-state index is 12.2. The maximum Gasteiger partial charge on any atom is 0.289 e. The van der Waals surface area contributed by atoms with Crippen LogP contribution in [0.2, 0.25) is 0 Å². The number of Topliss-reactive ketones (excluding diaryl/α,β-unsaturated/α-hetero) is 1. The quantitative estimate of drug-likeness (QED) is 0.349. The Morgan fingerprint density at radius 1 is 1.41 bits per heavy atom. The molecule has 1 heterocycles. The van der Waals surface area contributed by atoms with Crippen molar-refractivity contribution in [1.82, 2.24) is 15.5 Å². The van der Waals surface area contributed by atoms with E-state index in [4.69, 9.17) is 0 Å². The summed E-state index contributed by atoms with van der Waals surface area (Å²) in [7, 11) is 0. The molecule has 3 amide bonds. The van der Waals surface area contributed by atoms with Crippen molar-refractivity contribution >= 4 is 24.0 Å². The Bertz CT molecular complexity index is 450. The summed E-state index contributed by atoms with van der Waals surface area (Å²) in [4.78, 5) is 48.4. The van der Waals surface area contributed by atoms with Crippen molar-refractivity contribution in [2.45, 2.75) is 44.7 Å². The Kier molecular flexibility index (Phi) is 7.28. The lowest BCUT2D eigenvalue weighted by Gasteiger charge is -2.23. The third-order valence-corrected chi connectivity index (χ3v) is 3.57. The fraction of sp³-hybridized carbons (Fsp3) is 0.600. The van der Waals surface area contributed by atoms with Crippen LogP contribution in [0.25, 0.3) is 0 Å². The Balaban J connectivity index is 2.68. The number of nitrogens with zero attached hydrogens (tertiary/aromatic N) is 1. The summed E-state index contributed by atoms with van der Waals surface area (Å²) in [6, 6.07) is -1.42. The van der Waals surface area contributed by atoms with Crippen LogP contribution >= 0.6 is 0 Å². The van der Waals surface area contributed by atoms with Gasteiger partial charge in [-0.25, -0.2) is 0 Å². The van der Waals surface area contributed by atoms with Crippen molar-refractivity contribution in [3.05, 3.63) is 12.7 Å². The average molecular weight is 309 g/mol. The van der Waals surface area contributed by atoms with Crippen LogP contribution in [-0.4, -0.2) is 54.1 Å². The van der Waals surface area contributed by atoms with Gasteiger partial charge in [0.2, 0.25) is 18.1 Å². The van der Waals surface area contributed by atoms with E-state index >= 15 is 0 Å². The van der Waals surface area contributed by atoms with Gasteiger partial charge in [0.15, 0.2) is 0 Å². The molecule has 0 bridgehead atoms. The van der Waals surface area contributed by atoms with E-state index in [9.17, 15) is 19.2 Å². The van der Waals surface area contributed by atoms with Crippen LogP contribution in [0.15, 0.2) is 12.7 Å². The molecule has 0 radical (unpaired) electrons. The van der Waals surface area contributed by atoms with Gasteiger partial charge in [-0.2, -0.15) is 0 Å². The van der Waals surface area contributed by atoms with E-state index in [0.717, 1.165) is 6.42 Å². The number of likely N-dealkylation sites (tertiary alicyclic amines) is 1. The molecule has 1 aliphatic rings. The van der Waals surface area contributed by atoms with E-state index in [-0.39, 0.29) is 12.5 Å². The Morgan fingerprint density at radius 2 is 2.14 bits per heavy atom. The van der Waals surface area contributed by atoms with Gasteiger partial charge < -0.3 is 15.5 Å². The smallest absolute Gasteiger partial charge is 0.289 e. The number of hydrogen-bond donors (Lipinski definition) is 2. The average Bonchev–Trinajstić information content (AvgIpc) is 3.00. The largest absolute Gasteiger partial charge is 0.346 e. The minimum atomic E-state index is -0.864. The van der Waals surface area contributed by atoms with Crippen molar-refractivity contribution in [2.75, 3.05) is 13.1 Å².